The third-order valence-corrected chi connectivity index (χ3v) is 4.92. The number of benzene rings is 1. The average molecular weight is 284 g/mol. The summed E-state index contributed by atoms with van der Waals surface area (Å²) in [7, 11) is -1.72. The monoisotopic (exact) mass is 284 g/mol. The van der Waals surface area contributed by atoms with Gasteiger partial charge < -0.3 is 4.98 Å². The van der Waals surface area contributed by atoms with Gasteiger partial charge in [-0.1, -0.05) is 6.92 Å². The smallest absolute Gasteiger partial charge is 0.261 e. The van der Waals surface area contributed by atoms with Crippen LogP contribution < -0.4 is 5.56 Å². The van der Waals surface area contributed by atoms with Crippen LogP contribution in [0.1, 0.15) is 6.92 Å². The minimum absolute atomic E-state index is 0.0179. The van der Waals surface area contributed by atoms with Crippen molar-refractivity contribution < 1.29 is 8.42 Å². The molecule has 0 fully saturated rings. The first-order chi connectivity index (χ1) is 8.36. The molecule has 18 heavy (non-hydrogen) atoms. The molecule has 0 aliphatic rings. The van der Waals surface area contributed by atoms with Crippen LogP contribution in [0.15, 0.2) is 27.9 Å². The minimum Gasteiger partial charge on any atom is -0.332 e. The largest absolute Gasteiger partial charge is 0.332 e. The first kappa shape index (κ1) is 13.0. The van der Waals surface area contributed by atoms with Gasteiger partial charge in [-0.2, -0.15) is 0 Å². The Hall–Kier alpha value is -1.47. The lowest BCUT2D eigenvalue weighted by Gasteiger charge is -2.05. The SMILES string of the molecule is CCS(=O)(=O)c1ccc2c(=O)n(C)c(=S)[nH]c2c1. The van der Waals surface area contributed by atoms with Crippen LogP contribution in [0.25, 0.3) is 10.9 Å². The molecule has 0 unspecified atom stereocenters. The van der Waals surface area contributed by atoms with Gasteiger partial charge in [-0.15, -0.1) is 0 Å². The number of hydrogen-bond donors (Lipinski definition) is 1. The second-order valence-electron chi connectivity index (χ2n) is 3.91. The first-order valence-corrected chi connectivity index (χ1v) is 7.38. The molecule has 96 valence electrons. The van der Waals surface area contributed by atoms with Crippen LogP contribution in [0.2, 0.25) is 0 Å². The van der Waals surface area contributed by atoms with Gasteiger partial charge in [0.1, 0.15) is 0 Å². The summed E-state index contributed by atoms with van der Waals surface area (Å²) in [6, 6.07) is 4.40. The van der Waals surface area contributed by atoms with Crippen molar-refractivity contribution in [2.75, 3.05) is 5.75 Å². The Labute approximate surface area is 109 Å². The van der Waals surface area contributed by atoms with Crippen molar-refractivity contribution in [3.8, 4) is 0 Å². The molecule has 0 saturated carbocycles. The Morgan fingerprint density at radius 1 is 1.39 bits per heavy atom. The van der Waals surface area contributed by atoms with Crippen LogP contribution in [0.5, 0.6) is 0 Å². The van der Waals surface area contributed by atoms with E-state index >= 15 is 0 Å². The number of aromatic nitrogens is 2. The maximum atomic E-state index is 11.9. The minimum atomic E-state index is -3.29. The lowest BCUT2D eigenvalue weighted by atomic mass is 10.2. The molecule has 7 heteroatoms. The molecule has 0 aliphatic heterocycles. The van der Waals surface area contributed by atoms with Crippen molar-refractivity contribution >= 4 is 33.0 Å². The van der Waals surface area contributed by atoms with Gasteiger partial charge in [0.05, 0.1) is 21.6 Å². The summed E-state index contributed by atoms with van der Waals surface area (Å²) in [6.45, 7) is 1.58. The van der Waals surface area contributed by atoms with E-state index < -0.39 is 9.84 Å². The van der Waals surface area contributed by atoms with Crippen LogP contribution in [-0.2, 0) is 16.9 Å². The predicted octanol–water partition coefficient (Wildman–Crippen LogP) is 1.39. The Kier molecular flexibility index (Phi) is 3.12. The van der Waals surface area contributed by atoms with E-state index in [2.05, 4.69) is 4.98 Å². The molecule has 2 aromatic rings. The maximum absolute atomic E-state index is 11.9. The van der Waals surface area contributed by atoms with Crippen molar-refractivity contribution in [3.05, 3.63) is 33.3 Å². The van der Waals surface area contributed by atoms with Gasteiger partial charge in [-0.25, -0.2) is 8.42 Å². The second kappa shape index (κ2) is 4.33. The third kappa shape index (κ3) is 1.99. The highest BCUT2D eigenvalue weighted by atomic mass is 32.2. The maximum Gasteiger partial charge on any atom is 0.261 e. The molecule has 1 aromatic carbocycles. The number of rotatable bonds is 2. The number of fused-ring (bicyclic) bond motifs is 1. The molecule has 0 atom stereocenters. The van der Waals surface area contributed by atoms with Crippen molar-refractivity contribution in [2.45, 2.75) is 11.8 Å². The molecule has 0 bridgehead atoms. The van der Waals surface area contributed by atoms with Crippen molar-refractivity contribution in [1.82, 2.24) is 9.55 Å². The summed E-state index contributed by atoms with van der Waals surface area (Å²) >= 11 is 4.99. The molecule has 0 radical (unpaired) electrons. The topological polar surface area (TPSA) is 71.9 Å². The second-order valence-corrected chi connectivity index (χ2v) is 6.57. The van der Waals surface area contributed by atoms with E-state index in [-0.39, 0.29) is 21.0 Å². The average Bonchev–Trinajstić information content (AvgIpc) is 2.35. The summed E-state index contributed by atoms with van der Waals surface area (Å²) in [6.07, 6.45) is 0. The predicted molar refractivity (Wildman–Crippen MR) is 72.1 cm³/mol. The summed E-state index contributed by atoms with van der Waals surface area (Å²) in [5, 5.41) is 0.418. The van der Waals surface area contributed by atoms with E-state index in [0.29, 0.717) is 10.9 Å². The van der Waals surface area contributed by atoms with Gasteiger partial charge in [0.15, 0.2) is 14.6 Å². The van der Waals surface area contributed by atoms with Gasteiger partial charge in [0.2, 0.25) is 0 Å². The Bertz CT molecular complexity index is 831. The highest BCUT2D eigenvalue weighted by molar-refractivity contribution is 7.91. The van der Waals surface area contributed by atoms with Crippen LogP contribution in [0, 0.1) is 4.77 Å². The molecular weight excluding hydrogens is 272 g/mol. The number of nitrogens with zero attached hydrogens (tertiary/aromatic N) is 1. The fourth-order valence-electron chi connectivity index (χ4n) is 1.65. The van der Waals surface area contributed by atoms with Crippen LogP contribution in [0.4, 0.5) is 0 Å². The van der Waals surface area contributed by atoms with E-state index in [1.165, 1.54) is 22.8 Å². The summed E-state index contributed by atoms with van der Waals surface area (Å²) in [5.74, 6) is 0.0179. The molecule has 0 amide bonds. The summed E-state index contributed by atoms with van der Waals surface area (Å²) in [5.41, 5.74) is 0.201. The zero-order valence-corrected chi connectivity index (χ0v) is 11.6. The van der Waals surface area contributed by atoms with Gasteiger partial charge >= 0.3 is 0 Å². The highest BCUT2D eigenvalue weighted by Gasteiger charge is 2.13. The van der Waals surface area contributed by atoms with Crippen LogP contribution >= 0.6 is 12.2 Å². The van der Waals surface area contributed by atoms with Crippen molar-refractivity contribution in [2.24, 2.45) is 7.05 Å². The zero-order valence-electron chi connectivity index (χ0n) is 9.93. The van der Waals surface area contributed by atoms with Crippen LogP contribution in [-0.4, -0.2) is 23.7 Å². The zero-order chi connectivity index (χ0) is 13.5. The van der Waals surface area contributed by atoms with Gasteiger partial charge in [0.25, 0.3) is 5.56 Å². The molecule has 1 heterocycles. The van der Waals surface area contributed by atoms with E-state index in [1.54, 1.807) is 14.0 Å². The van der Waals surface area contributed by atoms with Gasteiger partial charge in [0, 0.05) is 7.05 Å². The van der Waals surface area contributed by atoms with E-state index in [9.17, 15) is 13.2 Å². The molecule has 0 aliphatic carbocycles. The normalized spacial score (nSPS) is 11.9. The number of sulfone groups is 1. The lowest BCUT2D eigenvalue weighted by molar-refractivity contribution is 0.597. The van der Waals surface area contributed by atoms with E-state index in [4.69, 9.17) is 12.2 Å². The van der Waals surface area contributed by atoms with Crippen LogP contribution in [0.3, 0.4) is 0 Å². The molecule has 1 aromatic heterocycles. The Morgan fingerprint density at radius 2 is 2.06 bits per heavy atom. The molecule has 5 nitrogen and oxygen atoms in total. The first-order valence-electron chi connectivity index (χ1n) is 5.32. The van der Waals surface area contributed by atoms with Gasteiger partial charge in [-0.05, 0) is 30.4 Å². The number of nitrogens with one attached hydrogen (secondary N) is 1. The van der Waals surface area contributed by atoms with E-state index in [0.717, 1.165) is 0 Å². The number of H-pyrrole nitrogens is 1. The Morgan fingerprint density at radius 3 is 2.67 bits per heavy atom. The fourth-order valence-corrected chi connectivity index (χ4v) is 2.74. The lowest BCUT2D eigenvalue weighted by Crippen LogP contribution is -2.18. The molecule has 0 spiro atoms. The highest BCUT2D eigenvalue weighted by Crippen LogP contribution is 2.16. The fraction of sp³-hybridized carbons (Fsp3) is 0.273. The van der Waals surface area contributed by atoms with Crippen molar-refractivity contribution in [1.29, 1.82) is 0 Å². The Balaban J connectivity index is 2.87. The molecular formula is C11H12N2O3S2. The molecule has 1 N–H and O–H groups in total. The standard InChI is InChI=1S/C11H12N2O3S2/c1-3-18(15,16)7-4-5-8-9(6-7)12-11(17)13(2)10(8)14/h4-6H,3H2,1-2H3,(H,12,17). The molecule has 2 rings (SSSR count). The summed E-state index contributed by atoms with van der Waals surface area (Å²) in [4.78, 5) is 14.9. The van der Waals surface area contributed by atoms with Gasteiger partial charge in [-0.3, -0.25) is 9.36 Å². The quantitative estimate of drug-likeness (QED) is 0.846. The number of hydrogen-bond acceptors (Lipinski definition) is 4. The summed E-state index contributed by atoms with van der Waals surface area (Å²) < 4.78 is 25.1. The molecule has 0 saturated heterocycles. The number of aromatic amines is 1. The third-order valence-electron chi connectivity index (χ3n) is 2.81. The van der Waals surface area contributed by atoms with E-state index in [1.807, 2.05) is 0 Å². The van der Waals surface area contributed by atoms with Crippen molar-refractivity contribution in [3.63, 3.8) is 0 Å².